The van der Waals surface area contributed by atoms with Gasteiger partial charge in [0.05, 0.1) is 0 Å². The van der Waals surface area contributed by atoms with Crippen LogP contribution in [0.5, 0.6) is 5.75 Å². The van der Waals surface area contributed by atoms with Crippen LogP contribution in [0.2, 0.25) is 0 Å². The van der Waals surface area contributed by atoms with Crippen molar-refractivity contribution in [3.8, 4) is 5.75 Å². The van der Waals surface area contributed by atoms with E-state index >= 15 is 0 Å². The molecule has 22 heavy (non-hydrogen) atoms. The van der Waals surface area contributed by atoms with Crippen molar-refractivity contribution in [3.63, 3.8) is 0 Å². The van der Waals surface area contributed by atoms with Gasteiger partial charge in [0, 0.05) is 17.6 Å². The Morgan fingerprint density at radius 1 is 1.14 bits per heavy atom. The molecule has 1 fully saturated rings. The second kappa shape index (κ2) is 6.76. The van der Waals surface area contributed by atoms with Crippen LogP contribution in [0, 0.1) is 5.82 Å². The highest BCUT2D eigenvalue weighted by atomic mass is 31.0. The predicted molar refractivity (Wildman–Crippen MR) is 90.2 cm³/mol. The molecule has 2 aromatic rings. The summed E-state index contributed by atoms with van der Waals surface area (Å²) in [7, 11) is 2.84. The summed E-state index contributed by atoms with van der Waals surface area (Å²) in [5.74, 6) is 0.547. The van der Waals surface area contributed by atoms with Crippen molar-refractivity contribution in [1.29, 1.82) is 0 Å². The summed E-state index contributed by atoms with van der Waals surface area (Å²) in [4.78, 5) is 0. The Morgan fingerprint density at radius 3 is 2.50 bits per heavy atom. The van der Waals surface area contributed by atoms with Crippen LogP contribution in [0.4, 0.5) is 4.39 Å². The maximum absolute atomic E-state index is 13.6. The maximum atomic E-state index is 13.6. The first-order valence-electron chi connectivity index (χ1n) is 7.64. The summed E-state index contributed by atoms with van der Waals surface area (Å²) >= 11 is 0. The van der Waals surface area contributed by atoms with Crippen LogP contribution in [0.25, 0.3) is 0 Å². The fourth-order valence-corrected chi connectivity index (χ4v) is 3.38. The summed E-state index contributed by atoms with van der Waals surface area (Å²) in [6, 6.07) is 15.9. The van der Waals surface area contributed by atoms with Gasteiger partial charge < -0.3 is 4.74 Å². The van der Waals surface area contributed by atoms with E-state index in [0.717, 1.165) is 5.75 Å². The van der Waals surface area contributed by atoms with Crippen molar-refractivity contribution >= 4 is 9.39 Å². The van der Waals surface area contributed by atoms with E-state index < -0.39 is 0 Å². The van der Waals surface area contributed by atoms with Gasteiger partial charge in [-0.1, -0.05) is 39.7 Å². The molecular formula is C18H21FNOP. The van der Waals surface area contributed by atoms with Gasteiger partial charge in [0.2, 0.25) is 0 Å². The molecule has 3 atom stereocenters. The van der Waals surface area contributed by atoms with E-state index in [9.17, 15) is 4.39 Å². The fourth-order valence-electron chi connectivity index (χ4n) is 2.91. The lowest BCUT2D eigenvalue weighted by Crippen LogP contribution is -2.18. The van der Waals surface area contributed by atoms with Gasteiger partial charge in [-0.25, -0.2) is 4.39 Å². The number of nitrogens with zero attached hydrogens (tertiary/aromatic N) is 1. The van der Waals surface area contributed by atoms with Crippen molar-refractivity contribution in [3.05, 3.63) is 65.5 Å². The van der Waals surface area contributed by atoms with Gasteiger partial charge in [0.1, 0.15) is 18.2 Å². The third-order valence-corrected chi connectivity index (χ3v) is 5.21. The summed E-state index contributed by atoms with van der Waals surface area (Å²) < 4.78 is 21.6. The lowest BCUT2D eigenvalue weighted by molar-refractivity contribution is 0.299. The topological polar surface area (TPSA) is 12.5 Å². The van der Waals surface area contributed by atoms with Gasteiger partial charge in [-0.15, -0.1) is 0 Å². The van der Waals surface area contributed by atoms with E-state index in [-0.39, 0.29) is 12.4 Å². The van der Waals surface area contributed by atoms with E-state index in [1.54, 1.807) is 12.1 Å². The Morgan fingerprint density at radius 2 is 1.86 bits per heavy atom. The van der Waals surface area contributed by atoms with Crippen LogP contribution >= 0.6 is 9.39 Å². The molecule has 0 radical (unpaired) electrons. The fraction of sp³-hybridized carbons (Fsp3) is 0.333. The van der Waals surface area contributed by atoms with Crippen LogP contribution in [0.3, 0.4) is 0 Å². The van der Waals surface area contributed by atoms with Crippen molar-refractivity contribution in [2.45, 2.75) is 38.5 Å². The average molecular weight is 317 g/mol. The van der Waals surface area contributed by atoms with E-state index in [2.05, 4.69) is 33.1 Å². The summed E-state index contributed by atoms with van der Waals surface area (Å²) in [5.41, 5.74) is 1.88. The number of halogens is 1. The first-order valence-corrected chi connectivity index (χ1v) is 8.16. The molecule has 2 aromatic carbocycles. The molecule has 116 valence electrons. The highest BCUT2D eigenvalue weighted by molar-refractivity contribution is 7.13. The van der Waals surface area contributed by atoms with E-state index in [0.29, 0.717) is 17.6 Å². The number of benzene rings is 2. The summed E-state index contributed by atoms with van der Waals surface area (Å²) in [6.45, 7) is 2.50. The molecule has 1 heterocycles. The Bertz CT molecular complexity index is 631. The molecule has 0 N–H and O–H groups in total. The lowest BCUT2D eigenvalue weighted by atomic mass is 10.1. The highest BCUT2D eigenvalue weighted by Gasteiger charge is 2.28. The summed E-state index contributed by atoms with van der Waals surface area (Å²) in [5, 5.41) is 0. The van der Waals surface area contributed by atoms with Gasteiger partial charge >= 0.3 is 0 Å². The number of ether oxygens (including phenoxy) is 1. The Labute approximate surface area is 133 Å². The highest BCUT2D eigenvalue weighted by Crippen LogP contribution is 2.38. The molecule has 0 spiro atoms. The Hall–Kier alpha value is -1.44. The largest absolute Gasteiger partial charge is 0.489 e. The number of hydrogen-bond donors (Lipinski definition) is 0. The summed E-state index contributed by atoms with van der Waals surface area (Å²) in [6.07, 6.45) is 2.40. The van der Waals surface area contributed by atoms with Crippen molar-refractivity contribution in [2.24, 2.45) is 0 Å². The second-order valence-corrected chi connectivity index (χ2v) is 6.43. The molecule has 1 aliphatic heterocycles. The molecule has 1 aliphatic rings. The molecule has 0 aliphatic carbocycles. The van der Waals surface area contributed by atoms with Crippen LogP contribution in [0.15, 0.2) is 48.5 Å². The van der Waals surface area contributed by atoms with Crippen molar-refractivity contribution in [1.82, 2.24) is 4.67 Å². The second-order valence-electron chi connectivity index (χ2n) is 5.84. The lowest BCUT2D eigenvalue weighted by Gasteiger charge is -2.23. The van der Waals surface area contributed by atoms with Crippen LogP contribution in [-0.4, -0.2) is 10.7 Å². The molecule has 1 unspecified atom stereocenters. The maximum Gasteiger partial charge on any atom is 0.129 e. The minimum atomic E-state index is -0.224. The standard InChI is InChI=1S/C18H21FNOP/c1-13-6-11-18(20(13)22)14-7-9-16(10-8-14)21-12-15-4-2-3-5-17(15)19/h2-5,7-10,13,18H,6,11-12,22H2,1H3/t13-,18-/m1/s1. The third-order valence-electron chi connectivity index (χ3n) is 4.34. The van der Waals surface area contributed by atoms with Crippen LogP contribution in [-0.2, 0) is 6.61 Å². The van der Waals surface area contributed by atoms with E-state index in [4.69, 9.17) is 4.74 Å². The minimum Gasteiger partial charge on any atom is -0.489 e. The molecule has 1 saturated heterocycles. The van der Waals surface area contributed by atoms with Gasteiger partial charge in [-0.3, -0.25) is 4.67 Å². The molecule has 0 bridgehead atoms. The smallest absolute Gasteiger partial charge is 0.129 e. The molecule has 2 nitrogen and oxygen atoms in total. The van der Waals surface area contributed by atoms with Gasteiger partial charge in [0.25, 0.3) is 0 Å². The quantitative estimate of drug-likeness (QED) is 0.757. The molecular weight excluding hydrogens is 296 g/mol. The Kier molecular flexibility index (Phi) is 4.75. The molecule has 3 rings (SSSR count). The minimum absolute atomic E-state index is 0.224. The molecule has 0 amide bonds. The van der Waals surface area contributed by atoms with Gasteiger partial charge in [-0.05, 0) is 43.5 Å². The van der Waals surface area contributed by atoms with Crippen molar-refractivity contribution in [2.75, 3.05) is 0 Å². The van der Waals surface area contributed by atoms with Crippen LogP contribution in [0.1, 0.15) is 36.9 Å². The number of hydrogen-bond acceptors (Lipinski definition) is 2. The first-order chi connectivity index (χ1) is 10.6. The third kappa shape index (κ3) is 3.31. The normalized spacial score (nSPS) is 22.0. The SMILES string of the molecule is C[C@@H]1CC[C@H](c2ccc(OCc3ccccc3F)cc2)N1P. The van der Waals surface area contributed by atoms with Gasteiger partial charge in [0.15, 0.2) is 0 Å². The first kappa shape index (κ1) is 15.5. The molecule has 0 aromatic heterocycles. The average Bonchev–Trinajstić information content (AvgIpc) is 2.87. The zero-order chi connectivity index (χ0) is 15.5. The molecule has 0 saturated carbocycles. The predicted octanol–water partition coefficient (Wildman–Crippen LogP) is 4.72. The molecule has 4 heteroatoms. The van der Waals surface area contributed by atoms with Crippen molar-refractivity contribution < 1.29 is 9.13 Å². The monoisotopic (exact) mass is 317 g/mol. The zero-order valence-electron chi connectivity index (χ0n) is 12.7. The Balaban J connectivity index is 1.64. The zero-order valence-corrected chi connectivity index (χ0v) is 13.9. The van der Waals surface area contributed by atoms with E-state index in [1.807, 2.05) is 18.2 Å². The van der Waals surface area contributed by atoms with E-state index in [1.165, 1.54) is 24.5 Å². The number of rotatable bonds is 4. The van der Waals surface area contributed by atoms with Gasteiger partial charge in [-0.2, -0.15) is 0 Å². The van der Waals surface area contributed by atoms with Crippen LogP contribution < -0.4 is 4.74 Å².